The van der Waals surface area contributed by atoms with E-state index in [0.29, 0.717) is 21.2 Å². The smallest absolute Gasteiger partial charge is 0.0751 e. The number of halogens is 3. The average Bonchev–Trinajstić information content (AvgIpc) is 2.68. The largest absolute Gasteiger partial charge is 0.381 e. The summed E-state index contributed by atoms with van der Waals surface area (Å²) in [7, 11) is 0. The quantitative estimate of drug-likeness (QED) is 0.821. The summed E-state index contributed by atoms with van der Waals surface area (Å²) in [5.41, 5.74) is 0.796. The molecule has 2 rings (SSSR count). The summed E-state index contributed by atoms with van der Waals surface area (Å²) in [5.74, 6) is 0. The van der Waals surface area contributed by atoms with E-state index in [1.165, 1.54) is 0 Å². The summed E-state index contributed by atoms with van der Waals surface area (Å²) in [4.78, 5) is 0. The molecule has 1 aromatic rings. The van der Waals surface area contributed by atoms with Gasteiger partial charge in [0, 0.05) is 6.54 Å². The summed E-state index contributed by atoms with van der Waals surface area (Å²) >= 11 is 17.9. The zero-order chi connectivity index (χ0) is 12.4. The van der Waals surface area contributed by atoms with Crippen LogP contribution in [-0.2, 0) is 4.74 Å². The molecule has 1 N–H and O–H groups in total. The van der Waals surface area contributed by atoms with E-state index in [0.717, 1.165) is 25.1 Å². The third kappa shape index (κ3) is 3.41. The minimum Gasteiger partial charge on any atom is -0.381 e. The lowest BCUT2D eigenvalue weighted by atomic mass is 10.2. The third-order valence-electron chi connectivity index (χ3n) is 2.85. The van der Waals surface area contributed by atoms with Gasteiger partial charge in [0.05, 0.1) is 33.0 Å². The second kappa shape index (κ2) is 5.66. The molecule has 0 radical (unpaired) electrons. The van der Waals surface area contributed by atoms with Gasteiger partial charge in [0.1, 0.15) is 0 Å². The summed E-state index contributed by atoms with van der Waals surface area (Å²) in [6.45, 7) is 2.83. The number of benzene rings is 1. The molecule has 2 atom stereocenters. The number of rotatable bonds is 3. The Morgan fingerprint density at radius 2 is 1.88 bits per heavy atom. The molecule has 1 saturated heterocycles. The minimum absolute atomic E-state index is 0.246. The first-order valence-electron chi connectivity index (χ1n) is 5.60. The molecule has 0 bridgehead atoms. The highest BCUT2D eigenvalue weighted by atomic mass is 35.5. The second-order valence-corrected chi connectivity index (χ2v) is 5.49. The molecule has 94 valence electrons. The van der Waals surface area contributed by atoms with Crippen LogP contribution in [0.3, 0.4) is 0 Å². The molecule has 1 heterocycles. The number of ether oxygens (including phenoxy) is 1. The number of nitrogens with one attached hydrogen (secondary N) is 1. The van der Waals surface area contributed by atoms with Gasteiger partial charge in [-0.15, -0.1) is 0 Å². The Balaban J connectivity index is 1.97. The zero-order valence-electron chi connectivity index (χ0n) is 9.47. The first kappa shape index (κ1) is 13.3. The predicted molar refractivity (Wildman–Crippen MR) is 73.5 cm³/mol. The number of hydrogen-bond donors (Lipinski definition) is 1. The van der Waals surface area contributed by atoms with Gasteiger partial charge < -0.3 is 10.1 Å². The molecule has 0 aliphatic carbocycles. The molecule has 0 aromatic heterocycles. The van der Waals surface area contributed by atoms with Crippen molar-refractivity contribution in [3.63, 3.8) is 0 Å². The standard InChI is InChI=1S/C12H14Cl3NO/c1-7-2-3-8(17-7)6-16-12-5-10(14)9(13)4-11(12)15/h4-5,7-8,16H,2-3,6H2,1H3. The molecule has 1 fully saturated rings. The van der Waals surface area contributed by atoms with Crippen molar-refractivity contribution in [3.8, 4) is 0 Å². The van der Waals surface area contributed by atoms with Crippen molar-refractivity contribution in [3.05, 3.63) is 27.2 Å². The maximum Gasteiger partial charge on any atom is 0.0751 e. The summed E-state index contributed by atoms with van der Waals surface area (Å²) in [6.07, 6.45) is 2.79. The first-order chi connectivity index (χ1) is 8.06. The minimum atomic E-state index is 0.246. The monoisotopic (exact) mass is 293 g/mol. The molecule has 5 heteroatoms. The van der Waals surface area contributed by atoms with E-state index in [1.54, 1.807) is 12.1 Å². The normalized spacial score (nSPS) is 24.0. The molecular weight excluding hydrogens is 280 g/mol. The lowest BCUT2D eigenvalue weighted by molar-refractivity contribution is 0.0637. The van der Waals surface area contributed by atoms with Crippen LogP contribution in [0.1, 0.15) is 19.8 Å². The van der Waals surface area contributed by atoms with Crippen LogP contribution in [0.4, 0.5) is 5.69 Å². The third-order valence-corrected chi connectivity index (χ3v) is 3.88. The van der Waals surface area contributed by atoms with Crippen molar-refractivity contribution in [1.82, 2.24) is 0 Å². The Morgan fingerprint density at radius 1 is 1.18 bits per heavy atom. The topological polar surface area (TPSA) is 21.3 Å². The van der Waals surface area contributed by atoms with Gasteiger partial charge >= 0.3 is 0 Å². The van der Waals surface area contributed by atoms with Gasteiger partial charge in [-0.05, 0) is 31.9 Å². The number of hydrogen-bond acceptors (Lipinski definition) is 2. The molecule has 2 nitrogen and oxygen atoms in total. The van der Waals surface area contributed by atoms with Crippen LogP contribution in [0.5, 0.6) is 0 Å². The van der Waals surface area contributed by atoms with E-state index in [2.05, 4.69) is 12.2 Å². The highest BCUT2D eigenvalue weighted by Crippen LogP contribution is 2.32. The van der Waals surface area contributed by atoms with E-state index < -0.39 is 0 Å². The van der Waals surface area contributed by atoms with Crippen molar-refractivity contribution in [1.29, 1.82) is 0 Å². The van der Waals surface area contributed by atoms with E-state index in [9.17, 15) is 0 Å². The van der Waals surface area contributed by atoms with E-state index in [4.69, 9.17) is 39.5 Å². The fourth-order valence-corrected chi connectivity index (χ4v) is 2.53. The second-order valence-electron chi connectivity index (χ2n) is 4.27. The van der Waals surface area contributed by atoms with Crippen molar-refractivity contribution in [2.24, 2.45) is 0 Å². The van der Waals surface area contributed by atoms with Crippen LogP contribution in [-0.4, -0.2) is 18.8 Å². The van der Waals surface area contributed by atoms with Crippen molar-refractivity contribution in [2.45, 2.75) is 32.0 Å². The summed E-state index contributed by atoms with van der Waals surface area (Å²) < 4.78 is 5.71. The van der Waals surface area contributed by atoms with Crippen LogP contribution in [0, 0.1) is 0 Å². The predicted octanol–water partition coefficient (Wildman–Crippen LogP) is 4.63. The maximum absolute atomic E-state index is 6.07. The molecule has 1 aliphatic rings. The van der Waals surface area contributed by atoms with Gasteiger partial charge in [-0.3, -0.25) is 0 Å². The van der Waals surface area contributed by atoms with Crippen LogP contribution >= 0.6 is 34.8 Å². The van der Waals surface area contributed by atoms with Crippen LogP contribution < -0.4 is 5.32 Å². The van der Waals surface area contributed by atoms with Crippen molar-refractivity contribution in [2.75, 3.05) is 11.9 Å². The van der Waals surface area contributed by atoms with Crippen LogP contribution in [0.15, 0.2) is 12.1 Å². The SMILES string of the molecule is CC1CCC(CNc2cc(Cl)c(Cl)cc2Cl)O1. The van der Waals surface area contributed by atoms with E-state index in [-0.39, 0.29) is 6.10 Å². The van der Waals surface area contributed by atoms with Crippen molar-refractivity contribution >= 4 is 40.5 Å². The maximum atomic E-state index is 6.07. The molecular formula is C12H14Cl3NO. The summed E-state index contributed by atoms with van der Waals surface area (Å²) in [5, 5.41) is 4.78. The highest BCUT2D eigenvalue weighted by molar-refractivity contribution is 6.44. The summed E-state index contributed by atoms with van der Waals surface area (Å²) in [6, 6.07) is 3.39. The number of anilines is 1. The highest BCUT2D eigenvalue weighted by Gasteiger charge is 2.21. The van der Waals surface area contributed by atoms with Crippen molar-refractivity contribution < 1.29 is 4.74 Å². The lowest BCUT2D eigenvalue weighted by Gasteiger charge is -2.14. The Bertz CT molecular complexity index is 411. The van der Waals surface area contributed by atoms with Gasteiger partial charge in [0.15, 0.2) is 0 Å². The van der Waals surface area contributed by atoms with E-state index >= 15 is 0 Å². The fraction of sp³-hybridized carbons (Fsp3) is 0.500. The Hall–Kier alpha value is -0.150. The Morgan fingerprint density at radius 3 is 2.53 bits per heavy atom. The van der Waals surface area contributed by atoms with Gasteiger partial charge in [-0.2, -0.15) is 0 Å². The van der Waals surface area contributed by atoms with Gasteiger partial charge in [-0.1, -0.05) is 34.8 Å². The lowest BCUT2D eigenvalue weighted by Crippen LogP contribution is -2.19. The van der Waals surface area contributed by atoms with Gasteiger partial charge in [0.25, 0.3) is 0 Å². The van der Waals surface area contributed by atoms with Gasteiger partial charge in [-0.25, -0.2) is 0 Å². The van der Waals surface area contributed by atoms with E-state index in [1.807, 2.05) is 0 Å². The zero-order valence-corrected chi connectivity index (χ0v) is 11.7. The molecule has 1 aromatic carbocycles. The molecule has 1 aliphatic heterocycles. The average molecular weight is 295 g/mol. The van der Waals surface area contributed by atoms with Crippen LogP contribution in [0.25, 0.3) is 0 Å². The van der Waals surface area contributed by atoms with Crippen LogP contribution in [0.2, 0.25) is 15.1 Å². The molecule has 0 spiro atoms. The first-order valence-corrected chi connectivity index (χ1v) is 6.73. The molecule has 2 unspecified atom stereocenters. The Kier molecular flexibility index (Phi) is 4.42. The fourth-order valence-electron chi connectivity index (χ4n) is 1.92. The Labute approximate surface area is 116 Å². The molecule has 17 heavy (non-hydrogen) atoms. The molecule has 0 saturated carbocycles. The molecule has 0 amide bonds. The van der Waals surface area contributed by atoms with Gasteiger partial charge in [0.2, 0.25) is 0 Å².